The van der Waals surface area contributed by atoms with Crippen LogP contribution in [-0.2, 0) is 11.3 Å². The molecular weight excluding hydrogens is 356 g/mol. The number of aliphatic imine (C=N–C) groups is 1. The molecule has 4 rings (SSSR count). The second-order valence-corrected chi connectivity index (χ2v) is 7.22. The van der Waals surface area contributed by atoms with Crippen molar-refractivity contribution >= 4 is 16.9 Å². The predicted molar refractivity (Wildman–Crippen MR) is 96.4 cm³/mol. The zero-order valence-electron chi connectivity index (χ0n) is 14.1. The third-order valence-corrected chi connectivity index (χ3v) is 5.46. The van der Waals surface area contributed by atoms with Gasteiger partial charge in [0.25, 0.3) is 0 Å². The van der Waals surface area contributed by atoms with Gasteiger partial charge in [0.05, 0.1) is 24.5 Å². The lowest BCUT2D eigenvalue weighted by atomic mass is 9.98. The Morgan fingerprint density at radius 2 is 2.19 bits per heavy atom. The minimum atomic E-state index is -1.03. The van der Waals surface area contributed by atoms with Crippen molar-refractivity contribution in [2.24, 2.45) is 4.99 Å². The molecule has 4 heterocycles. The van der Waals surface area contributed by atoms with Crippen LogP contribution in [0.2, 0.25) is 0 Å². The van der Waals surface area contributed by atoms with Gasteiger partial charge in [0.1, 0.15) is 29.4 Å². The highest BCUT2D eigenvalue weighted by atomic mass is 32.2. The molecule has 138 valence electrons. The van der Waals surface area contributed by atoms with Crippen LogP contribution in [0.3, 0.4) is 0 Å². The van der Waals surface area contributed by atoms with E-state index in [4.69, 9.17) is 4.74 Å². The third-order valence-electron chi connectivity index (χ3n) is 4.35. The Morgan fingerprint density at radius 3 is 2.96 bits per heavy atom. The topological polar surface area (TPSA) is 118 Å². The molecule has 2 saturated heterocycles. The first kappa shape index (κ1) is 17.4. The number of nitrogens with zero attached hydrogens (tertiary/aromatic N) is 5. The van der Waals surface area contributed by atoms with Gasteiger partial charge >= 0.3 is 0 Å². The molecule has 5 atom stereocenters. The Bertz CT molecular complexity index is 785. The predicted octanol–water partition coefficient (Wildman–Crippen LogP) is -0.132. The van der Waals surface area contributed by atoms with Crippen molar-refractivity contribution in [3.05, 3.63) is 30.6 Å². The Morgan fingerprint density at radius 1 is 1.31 bits per heavy atom. The van der Waals surface area contributed by atoms with E-state index in [-0.39, 0.29) is 18.0 Å². The second-order valence-electron chi connectivity index (χ2n) is 6.13. The van der Waals surface area contributed by atoms with Crippen molar-refractivity contribution in [3.63, 3.8) is 0 Å². The van der Waals surface area contributed by atoms with Crippen LogP contribution in [0, 0.1) is 0 Å². The summed E-state index contributed by atoms with van der Waals surface area (Å²) in [5, 5.41) is 32.9. The number of pyridine rings is 1. The number of amidine groups is 1. The second kappa shape index (κ2) is 7.31. The first-order valence-electron chi connectivity index (χ1n) is 8.46. The normalized spacial score (nSPS) is 32.4. The highest BCUT2D eigenvalue weighted by molar-refractivity contribution is 8.14. The lowest BCUT2D eigenvalue weighted by Gasteiger charge is -2.38. The van der Waals surface area contributed by atoms with Crippen LogP contribution in [-0.4, -0.2) is 71.7 Å². The maximum atomic E-state index is 10.4. The van der Waals surface area contributed by atoms with Crippen molar-refractivity contribution in [2.75, 3.05) is 6.54 Å². The molecule has 0 amide bonds. The molecular formula is C16H20N6O3S. The van der Waals surface area contributed by atoms with Crippen LogP contribution < -0.4 is 5.32 Å². The van der Waals surface area contributed by atoms with Gasteiger partial charge in [-0.1, -0.05) is 23.0 Å². The minimum absolute atomic E-state index is 0.280. The lowest BCUT2D eigenvalue weighted by molar-refractivity contribution is -0.160. The molecule has 2 aliphatic heterocycles. The van der Waals surface area contributed by atoms with E-state index in [1.54, 1.807) is 17.1 Å². The molecule has 2 aromatic rings. The molecule has 0 aliphatic carbocycles. The van der Waals surface area contributed by atoms with Crippen LogP contribution in [0.25, 0.3) is 11.4 Å². The van der Waals surface area contributed by atoms with E-state index in [2.05, 4.69) is 25.6 Å². The number of fused-ring (bicyclic) bond motifs is 1. The number of hydrogen-bond donors (Lipinski definition) is 3. The van der Waals surface area contributed by atoms with Crippen LogP contribution in [0.15, 0.2) is 35.6 Å². The molecule has 2 aromatic heterocycles. The van der Waals surface area contributed by atoms with E-state index >= 15 is 0 Å². The Balaban J connectivity index is 1.47. The number of aliphatic hydroxyl groups is 2. The molecule has 0 saturated carbocycles. The number of nitrogens with one attached hydrogen (secondary N) is 1. The fourth-order valence-electron chi connectivity index (χ4n) is 3.05. The Hall–Kier alpha value is -2.01. The van der Waals surface area contributed by atoms with Gasteiger partial charge < -0.3 is 20.3 Å². The summed E-state index contributed by atoms with van der Waals surface area (Å²) in [4.78, 5) is 8.56. The standard InChI is InChI=1S/C16H20N6O3S/c1-2-17-16-19-12-14(24)13(23)11(25-15(12)26-16)8-22-7-10(20-21-22)9-5-3-4-6-18-9/h3-7,11-15,23-24H,2,8H2,1H3,(H,17,19). The van der Waals surface area contributed by atoms with Crippen molar-refractivity contribution in [1.82, 2.24) is 25.3 Å². The first-order valence-corrected chi connectivity index (χ1v) is 9.34. The molecule has 9 nitrogen and oxygen atoms in total. The largest absolute Gasteiger partial charge is 0.388 e. The zero-order chi connectivity index (χ0) is 18.1. The summed E-state index contributed by atoms with van der Waals surface area (Å²) in [6, 6.07) is 5.19. The molecule has 26 heavy (non-hydrogen) atoms. The average Bonchev–Trinajstić information content (AvgIpc) is 3.28. The van der Waals surface area contributed by atoms with Gasteiger partial charge in [0.2, 0.25) is 0 Å². The quantitative estimate of drug-likeness (QED) is 0.675. The smallest absolute Gasteiger partial charge is 0.159 e. The number of aliphatic hydroxyl groups excluding tert-OH is 2. The first-order chi connectivity index (χ1) is 12.7. The maximum Gasteiger partial charge on any atom is 0.159 e. The van der Waals surface area contributed by atoms with Gasteiger partial charge in [-0.2, -0.15) is 0 Å². The van der Waals surface area contributed by atoms with Gasteiger partial charge in [0, 0.05) is 12.7 Å². The Labute approximate surface area is 154 Å². The molecule has 2 aliphatic rings. The van der Waals surface area contributed by atoms with Crippen LogP contribution in [0.4, 0.5) is 0 Å². The molecule has 2 fully saturated rings. The molecule has 10 heteroatoms. The van der Waals surface area contributed by atoms with E-state index in [1.807, 2.05) is 25.1 Å². The fourth-order valence-corrected chi connectivity index (χ4v) is 4.25. The zero-order valence-corrected chi connectivity index (χ0v) is 15.0. The van der Waals surface area contributed by atoms with E-state index < -0.39 is 18.3 Å². The SMILES string of the molecule is CCN=C1NC2C(OC(Cn3cc(-c4ccccn4)nn3)C(O)C2O)S1. The van der Waals surface area contributed by atoms with Crippen molar-refractivity contribution in [2.45, 2.75) is 43.3 Å². The fraction of sp³-hybridized carbons (Fsp3) is 0.500. The molecule has 0 radical (unpaired) electrons. The van der Waals surface area contributed by atoms with E-state index in [0.29, 0.717) is 12.2 Å². The summed E-state index contributed by atoms with van der Waals surface area (Å²) in [5.41, 5.74) is 1.06. The maximum absolute atomic E-state index is 10.4. The lowest BCUT2D eigenvalue weighted by Crippen LogP contribution is -2.59. The summed E-state index contributed by atoms with van der Waals surface area (Å²) in [5.74, 6) is 0. The molecule has 0 spiro atoms. The number of hydrogen-bond acceptors (Lipinski definition) is 8. The minimum Gasteiger partial charge on any atom is -0.388 e. The number of ether oxygens (including phenoxy) is 1. The molecule has 3 N–H and O–H groups in total. The average molecular weight is 376 g/mol. The number of aromatic nitrogens is 4. The summed E-state index contributed by atoms with van der Waals surface area (Å²) in [7, 11) is 0. The summed E-state index contributed by atoms with van der Waals surface area (Å²) < 4.78 is 7.59. The van der Waals surface area contributed by atoms with Crippen molar-refractivity contribution < 1.29 is 14.9 Å². The van der Waals surface area contributed by atoms with Crippen LogP contribution in [0.5, 0.6) is 0 Å². The van der Waals surface area contributed by atoms with Crippen molar-refractivity contribution in [1.29, 1.82) is 0 Å². The number of rotatable bonds is 4. The van der Waals surface area contributed by atoms with Crippen LogP contribution in [0.1, 0.15) is 6.92 Å². The van der Waals surface area contributed by atoms with Crippen LogP contribution >= 0.6 is 11.8 Å². The third kappa shape index (κ3) is 3.32. The van der Waals surface area contributed by atoms with E-state index in [1.165, 1.54) is 11.8 Å². The highest BCUT2D eigenvalue weighted by Crippen LogP contribution is 2.34. The van der Waals surface area contributed by atoms with Gasteiger partial charge in [-0.15, -0.1) is 5.10 Å². The number of thioether (sulfide) groups is 1. The molecule has 0 aromatic carbocycles. The van der Waals surface area contributed by atoms with E-state index in [9.17, 15) is 10.2 Å². The molecule has 0 bridgehead atoms. The highest BCUT2D eigenvalue weighted by Gasteiger charge is 2.49. The van der Waals surface area contributed by atoms with Gasteiger partial charge in [-0.25, -0.2) is 4.68 Å². The molecule has 5 unspecified atom stereocenters. The van der Waals surface area contributed by atoms with Gasteiger partial charge in [-0.05, 0) is 19.1 Å². The van der Waals surface area contributed by atoms with Gasteiger partial charge in [-0.3, -0.25) is 9.98 Å². The summed E-state index contributed by atoms with van der Waals surface area (Å²) >= 11 is 1.43. The summed E-state index contributed by atoms with van der Waals surface area (Å²) in [6.07, 6.45) is 0.863. The van der Waals surface area contributed by atoms with Gasteiger partial charge in [0.15, 0.2) is 5.17 Å². The van der Waals surface area contributed by atoms with E-state index in [0.717, 1.165) is 10.9 Å². The summed E-state index contributed by atoms with van der Waals surface area (Å²) in [6.45, 7) is 2.87. The Kier molecular flexibility index (Phi) is 4.90. The monoisotopic (exact) mass is 376 g/mol. The van der Waals surface area contributed by atoms with Crippen molar-refractivity contribution in [3.8, 4) is 11.4 Å².